The third kappa shape index (κ3) is 6.17. The highest BCUT2D eigenvalue weighted by Gasteiger charge is 2.27. The Hall–Kier alpha value is -4.14. The molecule has 0 radical (unpaired) electrons. The predicted octanol–water partition coefficient (Wildman–Crippen LogP) is 5.53. The summed E-state index contributed by atoms with van der Waals surface area (Å²) in [6.45, 7) is 5.66. The van der Waals surface area contributed by atoms with Gasteiger partial charge in [0.25, 0.3) is 0 Å². The number of amides is 2. The van der Waals surface area contributed by atoms with Gasteiger partial charge in [-0.1, -0.05) is 18.2 Å². The highest BCUT2D eigenvalue weighted by Crippen LogP contribution is 2.39. The fourth-order valence-electron chi connectivity index (χ4n) is 4.07. The number of aryl methyl sites for hydroxylation is 1. The van der Waals surface area contributed by atoms with Crippen LogP contribution in [0.25, 0.3) is 11.3 Å². The van der Waals surface area contributed by atoms with E-state index in [1.807, 2.05) is 57.2 Å². The summed E-state index contributed by atoms with van der Waals surface area (Å²) in [5.74, 6) is 0.154. The van der Waals surface area contributed by atoms with Crippen LogP contribution in [0.1, 0.15) is 56.1 Å². The van der Waals surface area contributed by atoms with E-state index in [0.29, 0.717) is 17.8 Å². The molecule has 0 bridgehead atoms. The molecule has 9 nitrogen and oxygen atoms in total. The molecular formula is C28H33N5O4. The summed E-state index contributed by atoms with van der Waals surface area (Å²) in [5, 5.41) is 6.18. The highest BCUT2D eigenvalue weighted by molar-refractivity contribution is 6.07. The first-order chi connectivity index (χ1) is 17.6. The van der Waals surface area contributed by atoms with E-state index in [1.165, 1.54) is 4.90 Å². The minimum absolute atomic E-state index is 0.00173. The lowest BCUT2D eigenvalue weighted by molar-refractivity contribution is -0.116. The van der Waals surface area contributed by atoms with Crippen LogP contribution in [0.4, 0.5) is 22.0 Å². The van der Waals surface area contributed by atoms with Crippen LogP contribution in [0, 0.1) is 0 Å². The van der Waals surface area contributed by atoms with E-state index < -0.39 is 6.09 Å². The predicted molar refractivity (Wildman–Crippen MR) is 143 cm³/mol. The van der Waals surface area contributed by atoms with Crippen molar-refractivity contribution in [1.29, 1.82) is 0 Å². The molecular weight excluding hydrogens is 470 g/mol. The van der Waals surface area contributed by atoms with Gasteiger partial charge in [-0.3, -0.25) is 9.59 Å². The Bertz CT molecular complexity index is 1290. The second-order valence-electron chi connectivity index (χ2n) is 10.1. The van der Waals surface area contributed by atoms with E-state index in [0.717, 1.165) is 41.2 Å². The normalized spacial score (nSPS) is 13.0. The van der Waals surface area contributed by atoms with Crippen molar-refractivity contribution in [3.05, 3.63) is 59.9 Å². The van der Waals surface area contributed by atoms with Crippen LogP contribution in [-0.2, 0) is 16.0 Å². The number of benzene rings is 1. The number of anilines is 3. The first-order valence-electron chi connectivity index (χ1n) is 12.4. The third-order valence-electron chi connectivity index (χ3n) is 6.38. The van der Waals surface area contributed by atoms with Crippen molar-refractivity contribution < 1.29 is 19.1 Å². The molecule has 3 aromatic rings. The minimum atomic E-state index is -0.482. The molecule has 0 aliphatic heterocycles. The lowest BCUT2D eigenvalue weighted by atomic mass is 9.95. The highest BCUT2D eigenvalue weighted by atomic mass is 16.6. The molecule has 2 heterocycles. The fraction of sp³-hybridized carbons (Fsp3) is 0.357. The van der Waals surface area contributed by atoms with Crippen LogP contribution in [0.3, 0.4) is 0 Å². The zero-order valence-corrected chi connectivity index (χ0v) is 21.7. The Labute approximate surface area is 216 Å². The van der Waals surface area contributed by atoms with Crippen LogP contribution < -0.4 is 10.6 Å². The van der Waals surface area contributed by atoms with Crippen molar-refractivity contribution in [2.75, 3.05) is 24.3 Å². The van der Waals surface area contributed by atoms with Gasteiger partial charge >= 0.3 is 6.09 Å². The van der Waals surface area contributed by atoms with Crippen molar-refractivity contribution in [1.82, 2.24) is 14.9 Å². The molecule has 0 fully saturated rings. The van der Waals surface area contributed by atoms with Gasteiger partial charge in [0.2, 0.25) is 5.91 Å². The van der Waals surface area contributed by atoms with Gasteiger partial charge in [-0.15, -0.1) is 0 Å². The summed E-state index contributed by atoms with van der Waals surface area (Å²) in [7, 11) is 1.66. The molecule has 2 aromatic heterocycles. The van der Waals surface area contributed by atoms with E-state index in [-0.39, 0.29) is 30.3 Å². The number of aromatic nitrogens is 2. The number of carbonyl (C=O) groups is 3. The number of H-pyrrole nitrogens is 1. The molecule has 37 heavy (non-hydrogen) atoms. The number of pyridine rings is 1. The van der Waals surface area contributed by atoms with Crippen molar-refractivity contribution in [2.45, 2.75) is 52.0 Å². The number of fused-ring (bicyclic) bond motifs is 1. The van der Waals surface area contributed by atoms with E-state index in [4.69, 9.17) is 4.74 Å². The number of para-hydroxylation sites is 1. The molecule has 0 unspecified atom stereocenters. The van der Waals surface area contributed by atoms with Gasteiger partial charge in [-0.2, -0.15) is 0 Å². The smallest absolute Gasteiger partial charge is 0.409 e. The summed E-state index contributed by atoms with van der Waals surface area (Å²) in [6, 6.07) is 13.3. The molecule has 0 atom stereocenters. The van der Waals surface area contributed by atoms with E-state index >= 15 is 0 Å². The first-order valence-corrected chi connectivity index (χ1v) is 12.4. The summed E-state index contributed by atoms with van der Waals surface area (Å²) >= 11 is 0. The number of hydrogen-bond donors (Lipinski definition) is 3. The lowest BCUT2D eigenvalue weighted by Crippen LogP contribution is -2.43. The van der Waals surface area contributed by atoms with Gasteiger partial charge in [0.05, 0.1) is 23.4 Å². The molecule has 9 heteroatoms. The van der Waals surface area contributed by atoms with Crippen LogP contribution in [0.15, 0.2) is 48.7 Å². The van der Waals surface area contributed by atoms with Crippen LogP contribution >= 0.6 is 0 Å². The molecule has 1 aliphatic carbocycles. The van der Waals surface area contributed by atoms with Gasteiger partial charge in [0, 0.05) is 42.1 Å². The zero-order chi connectivity index (χ0) is 26.6. The molecule has 0 spiro atoms. The quantitative estimate of drug-likeness (QED) is 0.390. The van der Waals surface area contributed by atoms with Crippen LogP contribution in [0.5, 0.6) is 0 Å². The fourth-order valence-corrected chi connectivity index (χ4v) is 4.07. The average molecular weight is 504 g/mol. The number of nitrogens with zero attached hydrogens (tertiary/aromatic N) is 2. The summed E-state index contributed by atoms with van der Waals surface area (Å²) in [4.78, 5) is 46.6. The number of aromatic amines is 1. The van der Waals surface area contributed by atoms with Crippen molar-refractivity contribution >= 4 is 35.0 Å². The zero-order valence-electron chi connectivity index (χ0n) is 21.7. The number of ketones is 1. The molecule has 1 aliphatic rings. The van der Waals surface area contributed by atoms with Gasteiger partial charge in [-0.25, -0.2) is 9.78 Å². The Morgan fingerprint density at radius 2 is 1.89 bits per heavy atom. The molecule has 2 amide bonds. The number of ether oxygens (including phenoxy) is 1. The number of hydrogen-bond acceptors (Lipinski definition) is 6. The molecule has 3 N–H and O–H groups in total. The first kappa shape index (κ1) is 25.9. The van der Waals surface area contributed by atoms with Gasteiger partial charge < -0.3 is 25.3 Å². The average Bonchev–Trinajstić information content (AvgIpc) is 3.23. The lowest BCUT2D eigenvalue weighted by Gasteiger charge is -2.30. The monoisotopic (exact) mass is 503 g/mol. The maximum atomic E-state index is 12.8. The Morgan fingerprint density at radius 3 is 2.62 bits per heavy atom. The van der Waals surface area contributed by atoms with E-state index in [9.17, 15) is 14.4 Å². The summed E-state index contributed by atoms with van der Waals surface area (Å²) in [6.07, 6.45) is 3.25. The molecule has 0 saturated carbocycles. The Balaban J connectivity index is 1.49. The standard InChI is InChI=1S/C28H33N5O4/c1-28(2,3)33(4)27(36)37-16-14-23(35)32-22-17-18(13-15-29-22)25-26(30-19-9-6-5-7-10-19)24-20(31-25)11-8-12-21(24)34/h5-7,9-10,13,15,17,30-31H,8,11-12,14,16H2,1-4H3,(H,29,32,35). The second-order valence-corrected chi connectivity index (χ2v) is 10.1. The Kier molecular flexibility index (Phi) is 7.61. The van der Waals surface area contributed by atoms with E-state index in [2.05, 4.69) is 20.6 Å². The third-order valence-corrected chi connectivity index (χ3v) is 6.38. The molecule has 1 aromatic carbocycles. The van der Waals surface area contributed by atoms with Crippen molar-refractivity contribution in [2.24, 2.45) is 0 Å². The summed E-state index contributed by atoms with van der Waals surface area (Å²) in [5.41, 5.74) is 4.37. The van der Waals surface area contributed by atoms with Gasteiger partial charge in [0.1, 0.15) is 12.4 Å². The second kappa shape index (κ2) is 10.9. The van der Waals surface area contributed by atoms with Crippen LogP contribution in [-0.4, -0.2) is 51.8 Å². The van der Waals surface area contributed by atoms with Gasteiger partial charge in [0.15, 0.2) is 5.78 Å². The number of nitrogens with one attached hydrogen (secondary N) is 3. The van der Waals surface area contributed by atoms with E-state index in [1.54, 1.807) is 19.3 Å². The largest absolute Gasteiger partial charge is 0.449 e. The number of rotatable bonds is 7. The molecule has 194 valence electrons. The molecule has 0 saturated heterocycles. The maximum absolute atomic E-state index is 12.8. The number of Topliss-reactive ketones (excluding diaryl/α,β-unsaturated/α-hetero) is 1. The SMILES string of the molecule is CN(C(=O)OCCC(=O)Nc1cc(-c2[nH]c3c(c2Nc2ccccc2)C(=O)CCC3)ccn1)C(C)(C)C. The summed E-state index contributed by atoms with van der Waals surface area (Å²) < 4.78 is 5.22. The van der Waals surface area contributed by atoms with Crippen molar-refractivity contribution in [3.63, 3.8) is 0 Å². The van der Waals surface area contributed by atoms with Gasteiger partial charge in [-0.05, 0) is 57.9 Å². The maximum Gasteiger partial charge on any atom is 0.409 e. The van der Waals surface area contributed by atoms with Crippen molar-refractivity contribution in [3.8, 4) is 11.3 Å². The topological polar surface area (TPSA) is 116 Å². The molecule has 4 rings (SSSR count). The van der Waals surface area contributed by atoms with Crippen LogP contribution in [0.2, 0.25) is 0 Å². The number of carbonyl (C=O) groups excluding carboxylic acids is 3. The Morgan fingerprint density at radius 1 is 1.14 bits per heavy atom. The minimum Gasteiger partial charge on any atom is -0.449 e.